The molecule has 0 bridgehead atoms. The Morgan fingerprint density at radius 3 is 2.37 bits per heavy atom. The Kier molecular flexibility index (Phi) is 5.35. The minimum atomic E-state index is -0.838. The van der Waals surface area contributed by atoms with Gasteiger partial charge in [-0.25, -0.2) is 0 Å². The third kappa shape index (κ3) is 3.93. The molecule has 5 heteroatoms. The minimum absolute atomic E-state index is 0.0153. The summed E-state index contributed by atoms with van der Waals surface area (Å²) in [6, 6.07) is -0.406. The molecule has 110 valence electrons. The average Bonchev–Trinajstić information content (AvgIpc) is 2.67. The van der Waals surface area contributed by atoms with Crippen molar-refractivity contribution in [1.82, 2.24) is 0 Å². The molecule has 1 heterocycles. The molecular formula is C14H25NO4. The third-order valence-electron chi connectivity index (χ3n) is 3.99. The summed E-state index contributed by atoms with van der Waals surface area (Å²) in [4.78, 5) is 22.9. The summed E-state index contributed by atoms with van der Waals surface area (Å²) < 4.78 is 5.30. The molecule has 1 fully saturated rings. The number of ether oxygens (including phenoxy) is 1. The first-order valence-electron chi connectivity index (χ1n) is 6.92. The molecule has 0 aromatic heterocycles. The van der Waals surface area contributed by atoms with Crippen molar-refractivity contribution in [2.75, 3.05) is 0 Å². The zero-order chi connectivity index (χ0) is 14.7. The van der Waals surface area contributed by atoms with Crippen LogP contribution in [0.25, 0.3) is 0 Å². The lowest BCUT2D eigenvalue weighted by atomic mass is 9.85. The minimum Gasteiger partial charge on any atom is -0.481 e. The summed E-state index contributed by atoms with van der Waals surface area (Å²) >= 11 is 0. The number of rotatable bonds is 6. The molecule has 4 atom stereocenters. The molecule has 5 nitrogen and oxygen atoms in total. The van der Waals surface area contributed by atoms with Crippen molar-refractivity contribution >= 4 is 11.9 Å². The molecule has 3 N–H and O–H groups in total. The molecule has 1 aliphatic rings. The van der Waals surface area contributed by atoms with Gasteiger partial charge in [0.25, 0.3) is 0 Å². The first-order chi connectivity index (χ1) is 8.73. The summed E-state index contributed by atoms with van der Waals surface area (Å²) in [5.74, 6) is -1.40. The van der Waals surface area contributed by atoms with Crippen LogP contribution in [0.1, 0.15) is 40.5 Å². The van der Waals surface area contributed by atoms with Crippen LogP contribution in [0.2, 0.25) is 0 Å². The van der Waals surface area contributed by atoms with Gasteiger partial charge in [-0.05, 0) is 24.7 Å². The number of esters is 1. The molecule has 1 saturated heterocycles. The van der Waals surface area contributed by atoms with E-state index >= 15 is 0 Å². The third-order valence-corrected chi connectivity index (χ3v) is 3.99. The molecule has 1 aliphatic heterocycles. The van der Waals surface area contributed by atoms with Crippen molar-refractivity contribution in [3.05, 3.63) is 0 Å². The lowest BCUT2D eigenvalue weighted by Crippen LogP contribution is -2.39. The molecule has 0 amide bonds. The molecular weight excluding hydrogens is 246 g/mol. The standard InChI is InChI=1S/C14H25NO4/c1-7(2)9(13(16)17)5-11(15)12-6-10(8(3)4)14(18)19-12/h7-12H,5-6,15H2,1-4H3,(H,16,17)/t9-,10-,11-,12-/m0/s1. The van der Waals surface area contributed by atoms with E-state index in [0.29, 0.717) is 12.8 Å². The molecule has 0 aromatic carbocycles. The smallest absolute Gasteiger partial charge is 0.309 e. The SMILES string of the molecule is CC(C)[C@H](C[C@H](N)[C@@H]1C[C@@H](C(C)C)C(=O)O1)C(=O)O. The zero-order valence-electron chi connectivity index (χ0n) is 12.1. The molecule has 0 saturated carbocycles. The Morgan fingerprint density at radius 2 is 2.00 bits per heavy atom. The molecule has 0 unspecified atom stereocenters. The van der Waals surface area contributed by atoms with E-state index in [1.807, 2.05) is 27.7 Å². The molecule has 0 spiro atoms. The number of aliphatic carboxylic acids is 1. The zero-order valence-corrected chi connectivity index (χ0v) is 12.1. The van der Waals surface area contributed by atoms with Gasteiger partial charge < -0.3 is 15.6 Å². The summed E-state index contributed by atoms with van der Waals surface area (Å²) in [7, 11) is 0. The maximum Gasteiger partial charge on any atom is 0.309 e. The van der Waals surface area contributed by atoms with Gasteiger partial charge in [0.2, 0.25) is 0 Å². The van der Waals surface area contributed by atoms with Crippen LogP contribution in [0.4, 0.5) is 0 Å². The van der Waals surface area contributed by atoms with Crippen molar-refractivity contribution in [2.24, 2.45) is 29.4 Å². The van der Waals surface area contributed by atoms with E-state index in [2.05, 4.69) is 0 Å². The molecule has 0 aliphatic carbocycles. The summed E-state index contributed by atoms with van der Waals surface area (Å²) in [6.07, 6.45) is 0.596. The quantitative estimate of drug-likeness (QED) is 0.717. The van der Waals surface area contributed by atoms with Gasteiger partial charge in [-0.1, -0.05) is 27.7 Å². The van der Waals surface area contributed by atoms with Crippen LogP contribution in [-0.4, -0.2) is 29.2 Å². The van der Waals surface area contributed by atoms with E-state index in [-0.39, 0.29) is 29.8 Å². The molecule has 0 radical (unpaired) electrons. The summed E-state index contributed by atoms with van der Waals surface area (Å²) in [6.45, 7) is 7.69. The topological polar surface area (TPSA) is 89.6 Å². The maximum atomic E-state index is 11.7. The fourth-order valence-corrected chi connectivity index (χ4v) is 2.54. The fourth-order valence-electron chi connectivity index (χ4n) is 2.54. The van der Waals surface area contributed by atoms with E-state index in [4.69, 9.17) is 15.6 Å². The van der Waals surface area contributed by atoms with Gasteiger partial charge in [-0.3, -0.25) is 9.59 Å². The second kappa shape index (κ2) is 6.37. The van der Waals surface area contributed by atoms with Crippen LogP contribution in [0.3, 0.4) is 0 Å². The largest absolute Gasteiger partial charge is 0.481 e. The highest BCUT2D eigenvalue weighted by molar-refractivity contribution is 5.75. The van der Waals surface area contributed by atoms with Crippen molar-refractivity contribution in [1.29, 1.82) is 0 Å². The Hall–Kier alpha value is -1.10. The average molecular weight is 271 g/mol. The van der Waals surface area contributed by atoms with E-state index in [9.17, 15) is 9.59 Å². The van der Waals surface area contributed by atoms with Gasteiger partial charge in [-0.2, -0.15) is 0 Å². The highest BCUT2D eigenvalue weighted by atomic mass is 16.6. The number of nitrogens with two attached hydrogens (primary N) is 1. The van der Waals surface area contributed by atoms with Gasteiger partial charge in [0.1, 0.15) is 6.10 Å². The van der Waals surface area contributed by atoms with Crippen molar-refractivity contribution in [3.8, 4) is 0 Å². The molecule has 19 heavy (non-hydrogen) atoms. The Morgan fingerprint density at radius 1 is 1.42 bits per heavy atom. The Balaban J connectivity index is 2.62. The Labute approximate surface area is 114 Å². The number of carbonyl (C=O) groups is 2. The Bertz CT molecular complexity index is 340. The van der Waals surface area contributed by atoms with Crippen LogP contribution in [0.15, 0.2) is 0 Å². The first-order valence-corrected chi connectivity index (χ1v) is 6.92. The molecule has 0 aromatic rings. The number of cyclic esters (lactones) is 1. The van der Waals surface area contributed by atoms with Gasteiger partial charge in [0.05, 0.1) is 11.8 Å². The second-order valence-electron chi connectivity index (χ2n) is 6.15. The summed E-state index contributed by atoms with van der Waals surface area (Å²) in [5, 5.41) is 9.16. The lowest BCUT2D eigenvalue weighted by Gasteiger charge is -2.24. The van der Waals surface area contributed by atoms with E-state index < -0.39 is 17.9 Å². The van der Waals surface area contributed by atoms with E-state index in [1.54, 1.807) is 0 Å². The van der Waals surface area contributed by atoms with Crippen molar-refractivity contribution < 1.29 is 19.4 Å². The van der Waals surface area contributed by atoms with Crippen LogP contribution < -0.4 is 5.73 Å². The normalized spacial score (nSPS) is 26.6. The van der Waals surface area contributed by atoms with Gasteiger partial charge in [0.15, 0.2) is 0 Å². The number of hydrogen-bond donors (Lipinski definition) is 2. The molecule has 1 rings (SSSR count). The van der Waals surface area contributed by atoms with Gasteiger partial charge in [0, 0.05) is 6.04 Å². The van der Waals surface area contributed by atoms with Crippen LogP contribution in [0, 0.1) is 23.7 Å². The summed E-state index contributed by atoms with van der Waals surface area (Å²) in [5.41, 5.74) is 6.04. The highest BCUT2D eigenvalue weighted by Gasteiger charge is 2.40. The number of hydrogen-bond acceptors (Lipinski definition) is 4. The number of carboxylic acids is 1. The number of carbonyl (C=O) groups excluding carboxylic acids is 1. The highest BCUT2D eigenvalue weighted by Crippen LogP contribution is 2.31. The van der Waals surface area contributed by atoms with E-state index in [0.717, 1.165) is 0 Å². The van der Waals surface area contributed by atoms with Crippen LogP contribution in [-0.2, 0) is 14.3 Å². The lowest BCUT2D eigenvalue weighted by molar-refractivity contribution is -0.146. The number of carboxylic acid groups (broad SMARTS) is 1. The van der Waals surface area contributed by atoms with Gasteiger partial charge >= 0.3 is 11.9 Å². The van der Waals surface area contributed by atoms with Crippen LogP contribution >= 0.6 is 0 Å². The second-order valence-corrected chi connectivity index (χ2v) is 6.15. The van der Waals surface area contributed by atoms with E-state index in [1.165, 1.54) is 0 Å². The fraction of sp³-hybridized carbons (Fsp3) is 0.857. The predicted molar refractivity (Wildman–Crippen MR) is 71.4 cm³/mol. The predicted octanol–water partition coefficient (Wildman–Crippen LogP) is 1.65. The first kappa shape index (κ1) is 16.0. The van der Waals surface area contributed by atoms with Crippen LogP contribution in [0.5, 0.6) is 0 Å². The maximum absolute atomic E-state index is 11.7. The monoisotopic (exact) mass is 271 g/mol. The van der Waals surface area contributed by atoms with Gasteiger partial charge in [-0.15, -0.1) is 0 Å². The van der Waals surface area contributed by atoms with Crippen molar-refractivity contribution in [2.45, 2.75) is 52.7 Å². The van der Waals surface area contributed by atoms with Crippen molar-refractivity contribution in [3.63, 3.8) is 0 Å².